The molecular formula is C16H29N3O. The van der Waals surface area contributed by atoms with Gasteiger partial charge in [-0.3, -0.25) is 9.69 Å². The number of carbonyl (C=O) groups excluding carboxylic acids is 1. The fourth-order valence-electron chi connectivity index (χ4n) is 3.35. The number of hydrogen-bond donors (Lipinski definition) is 0. The van der Waals surface area contributed by atoms with Gasteiger partial charge < -0.3 is 9.80 Å². The molecule has 2 heterocycles. The fraction of sp³-hybridized carbons (Fsp3) is 0.812. The minimum Gasteiger partial charge on any atom is -0.340 e. The van der Waals surface area contributed by atoms with Crippen molar-refractivity contribution in [2.75, 3.05) is 45.8 Å². The third-order valence-corrected chi connectivity index (χ3v) is 4.83. The highest BCUT2D eigenvalue weighted by Gasteiger charge is 2.36. The molecule has 0 radical (unpaired) electrons. The Hall–Kier alpha value is -0.870. The third-order valence-electron chi connectivity index (χ3n) is 4.83. The van der Waals surface area contributed by atoms with E-state index in [1.165, 1.54) is 0 Å². The molecule has 0 saturated carbocycles. The molecule has 0 spiro atoms. The van der Waals surface area contributed by atoms with E-state index in [-0.39, 0.29) is 11.4 Å². The van der Waals surface area contributed by atoms with Crippen LogP contribution in [-0.2, 0) is 4.79 Å². The number of likely N-dealkylation sites (tertiary alicyclic amines) is 1. The van der Waals surface area contributed by atoms with Crippen molar-refractivity contribution in [3.05, 3.63) is 12.7 Å². The number of rotatable bonds is 5. The number of hydrogen-bond acceptors (Lipinski definition) is 3. The van der Waals surface area contributed by atoms with Crippen molar-refractivity contribution in [3.8, 4) is 0 Å². The largest absolute Gasteiger partial charge is 0.340 e. The summed E-state index contributed by atoms with van der Waals surface area (Å²) in [7, 11) is 0. The van der Waals surface area contributed by atoms with Crippen molar-refractivity contribution in [1.82, 2.24) is 14.7 Å². The molecule has 2 aliphatic rings. The molecule has 0 aromatic heterocycles. The Morgan fingerprint density at radius 2 is 1.95 bits per heavy atom. The molecule has 114 valence electrons. The van der Waals surface area contributed by atoms with Crippen LogP contribution in [0.15, 0.2) is 12.7 Å². The first-order valence-electron chi connectivity index (χ1n) is 7.84. The van der Waals surface area contributed by atoms with Gasteiger partial charge in [0.15, 0.2) is 0 Å². The van der Waals surface area contributed by atoms with Gasteiger partial charge >= 0.3 is 0 Å². The second kappa shape index (κ2) is 6.27. The molecule has 0 bridgehead atoms. The average Bonchev–Trinajstić information content (AvgIpc) is 2.79. The summed E-state index contributed by atoms with van der Waals surface area (Å²) < 4.78 is 0. The van der Waals surface area contributed by atoms with Gasteiger partial charge in [0.2, 0.25) is 5.91 Å². The van der Waals surface area contributed by atoms with Gasteiger partial charge in [-0.2, -0.15) is 0 Å². The molecule has 0 aliphatic carbocycles. The zero-order chi connectivity index (χ0) is 14.8. The molecule has 4 heteroatoms. The number of piperazine rings is 1. The smallest absolute Gasteiger partial charge is 0.223 e. The molecule has 1 atom stereocenters. The first-order valence-corrected chi connectivity index (χ1v) is 7.84. The fourth-order valence-corrected chi connectivity index (χ4v) is 3.35. The lowest BCUT2D eigenvalue weighted by molar-refractivity contribution is -0.129. The normalized spacial score (nSPS) is 26.2. The van der Waals surface area contributed by atoms with E-state index in [1.54, 1.807) is 0 Å². The average molecular weight is 279 g/mol. The van der Waals surface area contributed by atoms with Crippen molar-refractivity contribution in [3.63, 3.8) is 0 Å². The second-order valence-electron chi connectivity index (χ2n) is 6.71. The molecule has 0 N–H and O–H groups in total. The Balaban J connectivity index is 1.91. The molecule has 2 rings (SSSR count). The molecule has 0 aromatic rings. The summed E-state index contributed by atoms with van der Waals surface area (Å²) >= 11 is 0. The SMILES string of the molecule is C=CC1CC(=O)N(CC(C)(C)N2CCN(CC)CC2)C1. The van der Waals surface area contributed by atoms with Gasteiger partial charge in [0.25, 0.3) is 0 Å². The zero-order valence-electron chi connectivity index (χ0n) is 13.3. The Kier molecular flexibility index (Phi) is 4.86. The van der Waals surface area contributed by atoms with E-state index in [9.17, 15) is 4.79 Å². The Bertz CT molecular complexity index is 359. The quantitative estimate of drug-likeness (QED) is 0.713. The van der Waals surface area contributed by atoms with Gasteiger partial charge in [-0.05, 0) is 20.4 Å². The minimum atomic E-state index is 0.0611. The highest BCUT2D eigenvalue weighted by molar-refractivity contribution is 5.79. The topological polar surface area (TPSA) is 26.8 Å². The van der Waals surface area contributed by atoms with Crippen LogP contribution < -0.4 is 0 Å². The van der Waals surface area contributed by atoms with E-state index in [0.717, 1.165) is 45.8 Å². The standard InChI is InChI=1S/C16H29N3O/c1-5-14-11-15(20)18(12-14)13-16(3,4)19-9-7-17(6-2)8-10-19/h5,14H,1,6-13H2,2-4H3. The molecule has 2 fully saturated rings. The van der Waals surface area contributed by atoms with Crippen LogP contribution in [0.25, 0.3) is 0 Å². The van der Waals surface area contributed by atoms with E-state index < -0.39 is 0 Å². The maximum Gasteiger partial charge on any atom is 0.223 e. The Morgan fingerprint density at radius 3 is 2.45 bits per heavy atom. The molecule has 4 nitrogen and oxygen atoms in total. The molecule has 0 aromatic carbocycles. The second-order valence-corrected chi connectivity index (χ2v) is 6.71. The van der Waals surface area contributed by atoms with E-state index in [0.29, 0.717) is 12.3 Å². The van der Waals surface area contributed by atoms with Crippen LogP contribution in [0.3, 0.4) is 0 Å². The summed E-state index contributed by atoms with van der Waals surface area (Å²) in [4.78, 5) is 19.1. The van der Waals surface area contributed by atoms with Gasteiger partial charge in [-0.25, -0.2) is 0 Å². The van der Waals surface area contributed by atoms with Crippen LogP contribution in [0.5, 0.6) is 0 Å². The number of carbonyl (C=O) groups is 1. The summed E-state index contributed by atoms with van der Waals surface area (Å²) in [5, 5.41) is 0. The summed E-state index contributed by atoms with van der Waals surface area (Å²) in [6.07, 6.45) is 2.56. The summed E-state index contributed by atoms with van der Waals surface area (Å²) in [5.41, 5.74) is 0.0611. The van der Waals surface area contributed by atoms with Gasteiger partial charge in [0, 0.05) is 57.1 Å². The predicted octanol–water partition coefficient (Wildman–Crippen LogP) is 1.44. The zero-order valence-corrected chi connectivity index (χ0v) is 13.3. The summed E-state index contributed by atoms with van der Waals surface area (Å²) in [6.45, 7) is 17.9. The molecule has 20 heavy (non-hydrogen) atoms. The van der Waals surface area contributed by atoms with E-state index >= 15 is 0 Å². The van der Waals surface area contributed by atoms with Crippen molar-refractivity contribution in [2.24, 2.45) is 5.92 Å². The van der Waals surface area contributed by atoms with Crippen molar-refractivity contribution >= 4 is 5.91 Å². The summed E-state index contributed by atoms with van der Waals surface area (Å²) in [5.74, 6) is 0.630. The monoisotopic (exact) mass is 279 g/mol. The lowest BCUT2D eigenvalue weighted by Gasteiger charge is -2.45. The van der Waals surface area contributed by atoms with Crippen molar-refractivity contribution in [1.29, 1.82) is 0 Å². The van der Waals surface area contributed by atoms with Crippen LogP contribution in [0.4, 0.5) is 0 Å². The van der Waals surface area contributed by atoms with Crippen molar-refractivity contribution < 1.29 is 4.79 Å². The first kappa shape index (κ1) is 15.5. The first-order chi connectivity index (χ1) is 9.46. The molecule has 1 amide bonds. The highest BCUT2D eigenvalue weighted by Crippen LogP contribution is 2.24. The Labute approximate surface area is 123 Å². The van der Waals surface area contributed by atoms with Crippen LogP contribution >= 0.6 is 0 Å². The summed E-state index contributed by atoms with van der Waals surface area (Å²) in [6, 6.07) is 0. The minimum absolute atomic E-state index is 0.0611. The maximum atomic E-state index is 12.1. The maximum absolute atomic E-state index is 12.1. The predicted molar refractivity (Wildman–Crippen MR) is 82.7 cm³/mol. The van der Waals surface area contributed by atoms with Gasteiger partial charge in [0.1, 0.15) is 0 Å². The lowest BCUT2D eigenvalue weighted by atomic mass is 10.0. The third kappa shape index (κ3) is 3.41. The molecule has 1 unspecified atom stereocenters. The van der Waals surface area contributed by atoms with E-state index in [2.05, 4.69) is 37.1 Å². The van der Waals surface area contributed by atoms with E-state index in [4.69, 9.17) is 0 Å². The lowest BCUT2D eigenvalue weighted by Crippen LogP contribution is -2.58. The van der Waals surface area contributed by atoms with E-state index in [1.807, 2.05) is 11.0 Å². The van der Waals surface area contributed by atoms with Gasteiger partial charge in [-0.15, -0.1) is 6.58 Å². The van der Waals surface area contributed by atoms with Crippen molar-refractivity contribution in [2.45, 2.75) is 32.7 Å². The van der Waals surface area contributed by atoms with Crippen LogP contribution in [0.2, 0.25) is 0 Å². The van der Waals surface area contributed by atoms with Gasteiger partial charge in [-0.1, -0.05) is 13.0 Å². The van der Waals surface area contributed by atoms with Crippen LogP contribution in [-0.4, -0.2) is 72.0 Å². The molecule has 2 saturated heterocycles. The number of nitrogens with zero attached hydrogens (tertiary/aromatic N) is 3. The highest BCUT2D eigenvalue weighted by atomic mass is 16.2. The van der Waals surface area contributed by atoms with Crippen LogP contribution in [0, 0.1) is 5.92 Å². The Morgan fingerprint density at radius 1 is 1.30 bits per heavy atom. The molecular weight excluding hydrogens is 250 g/mol. The molecule has 2 aliphatic heterocycles. The number of likely N-dealkylation sites (N-methyl/N-ethyl adjacent to an activating group) is 1. The number of amides is 1. The van der Waals surface area contributed by atoms with Gasteiger partial charge in [0.05, 0.1) is 0 Å². The van der Waals surface area contributed by atoms with Crippen LogP contribution in [0.1, 0.15) is 27.2 Å².